The molecule has 0 aromatic heterocycles. The van der Waals surface area contributed by atoms with Crippen molar-refractivity contribution in [2.24, 2.45) is 11.0 Å². The summed E-state index contributed by atoms with van der Waals surface area (Å²) in [5.41, 5.74) is 9.59. The molecule has 86 valence electrons. The van der Waals surface area contributed by atoms with E-state index < -0.39 is 18.4 Å². The van der Waals surface area contributed by atoms with Gasteiger partial charge in [0.15, 0.2) is 0 Å². The summed E-state index contributed by atoms with van der Waals surface area (Å²) in [6.07, 6.45) is 0. The van der Waals surface area contributed by atoms with E-state index in [2.05, 4.69) is 0 Å². The number of nitro groups is 1. The Balaban J connectivity index is 2.97. The molecule has 1 rings (SSSR count). The number of non-ortho nitro benzene ring substituents is 1. The molecule has 8 nitrogen and oxygen atoms in total. The highest BCUT2D eigenvalue weighted by atomic mass is 31.2. The lowest BCUT2D eigenvalue weighted by Gasteiger charge is -2.08. The highest BCUT2D eigenvalue weighted by molar-refractivity contribution is 7.57. The summed E-state index contributed by atoms with van der Waals surface area (Å²) in [4.78, 5) is 21.1. The molecule has 0 saturated carbocycles. The summed E-state index contributed by atoms with van der Waals surface area (Å²) in [6, 6.07) is 4.90. The van der Waals surface area contributed by atoms with Crippen molar-refractivity contribution in [3.63, 3.8) is 0 Å². The lowest BCUT2D eigenvalue weighted by atomic mass is 10.2. The zero-order chi connectivity index (χ0) is 12.3. The van der Waals surface area contributed by atoms with Crippen LogP contribution in [-0.2, 0) is 4.57 Å². The smallest absolute Gasteiger partial charge is 0.279 e. The summed E-state index contributed by atoms with van der Waals surface area (Å²) in [6.45, 7) is 0. The molecule has 0 bridgehead atoms. The number of nitrogens with zero attached hydrogens (tertiary/aromatic N) is 1. The molecule has 1 aromatic carbocycles. The largest absolute Gasteiger partial charge is 0.300 e. The van der Waals surface area contributed by atoms with Crippen LogP contribution >= 0.6 is 7.59 Å². The van der Waals surface area contributed by atoms with Gasteiger partial charge in [-0.1, -0.05) is 6.07 Å². The Morgan fingerprint density at radius 2 is 2.06 bits per heavy atom. The van der Waals surface area contributed by atoms with Gasteiger partial charge in [-0.2, -0.15) is 0 Å². The van der Waals surface area contributed by atoms with Crippen LogP contribution in [0.2, 0.25) is 0 Å². The second-order valence-electron chi connectivity index (χ2n) is 2.96. The molecule has 0 heterocycles. The van der Waals surface area contributed by atoms with Crippen LogP contribution in [0.1, 0.15) is 10.4 Å². The Morgan fingerprint density at radius 1 is 1.44 bits per heavy atom. The molecule has 0 saturated heterocycles. The SMILES string of the molecule is NP(N)(=O)NC(=O)c1cccc([N+](=O)[O-])c1. The number of hydrogen-bond donors (Lipinski definition) is 3. The molecular formula is C7H9N4O4P. The summed E-state index contributed by atoms with van der Waals surface area (Å²) in [5, 5.41) is 12.3. The molecule has 1 aromatic rings. The number of amides is 1. The van der Waals surface area contributed by atoms with E-state index in [9.17, 15) is 19.5 Å². The lowest BCUT2D eigenvalue weighted by molar-refractivity contribution is -0.384. The van der Waals surface area contributed by atoms with Crippen LogP contribution in [0.15, 0.2) is 24.3 Å². The van der Waals surface area contributed by atoms with Gasteiger partial charge in [0, 0.05) is 17.7 Å². The normalized spacial score (nSPS) is 10.9. The van der Waals surface area contributed by atoms with Crippen LogP contribution in [0, 0.1) is 10.1 Å². The van der Waals surface area contributed by atoms with Crippen LogP contribution in [0.3, 0.4) is 0 Å². The predicted octanol–water partition coefficient (Wildman–Crippen LogP) is 0.350. The van der Waals surface area contributed by atoms with Crippen molar-refractivity contribution in [1.82, 2.24) is 5.09 Å². The van der Waals surface area contributed by atoms with Gasteiger partial charge >= 0.3 is 7.59 Å². The first-order valence-electron chi connectivity index (χ1n) is 4.04. The minimum absolute atomic E-state index is 0.0367. The maximum Gasteiger partial charge on any atom is 0.300 e. The van der Waals surface area contributed by atoms with Gasteiger partial charge in [0.25, 0.3) is 11.6 Å². The minimum atomic E-state index is -3.70. The van der Waals surface area contributed by atoms with Crippen LogP contribution < -0.4 is 16.1 Å². The summed E-state index contributed by atoms with van der Waals surface area (Å²) < 4.78 is 10.9. The highest BCUT2D eigenvalue weighted by Crippen LogP contribution is 2.20. The molecule has 0 fully saturated rings. The van der Waals surface area contributed by atoms with E-state index in [0.29, 0.717) is 0 Å². The van der Waals surface area contributed by atoms with Crippen molar-refractivity contribution in [2.45, 2.75) is 0 Å². The molecule has 0 aliphatic rings. The van der Waals surface area contributed by atoms with E-state index in [1.807, 2.05) is 5.09 Å². The van der Waals surface area contributed by atoms with Gasteiger partial charge in [0.1, 0.15) is 0 Å². The summed E-state index contributed by atoms with van der Waals surface area (Å²) in [7, 11) is -3.70. The maximum atomic E-state index is 11.4. The standard InChI is InChI=1S/C7H9N4O4P/c8-16(9,15)10-7(12)5-2-1-3-6(4-5)11(13)14/h1-4H,(H5,8,9,10,12,15). The molecule has 0 aliphatic carbocycles. The minimum Gasteiger partial charge on any atom is -0.279 e. The molecular weight excluding hydrogens is 235 g/mol. The Morgan fingerprint density at radius 3 is 2.56 bits per heavy atom. The third kappa shape index (κ3) is 3.43. The number of nitrogens with one attached hydrogen (secondary N) is 1. The fourth-order valence-electron chi connectivity index (χ4n) is 0.984. The van der Waals surface area contributed by atoms with E-state index in [1.165, 1.54) is 18.2 Å². The van der Waals surface area contributed by atoms with E-state index in [-0.39, 0.29) is 11.3 Å². The lowest BCUT2D eigenvalue weighted by Crippen LogP contribution is -2.28. The number of rotatable bonds is 3. The average Bonchev–Trinajstić information content (AvgIpc) is 2.15. The molecule has 16 heavy (non-hydrogen) atoms. The quantitative estimate of drug-likeness (QED) is 0.398. The fourth-order valence-corrected chi connectivity index (χ4v) is 1.43. The van der Waals surface area contributed by atoms with Gasteiger partial charge < -0.3 is 0 Å². The average molecular weight is 244 g/mol. The molecule has 0 atom stereocenters. The van der Waals surface area contributed by atoms with Gasteiger partial charge in [-0.05, 0) is 6.07 Å². The van der Waals surface area contributed by atoms with Crippen LogP contribution in [0.5, 0.6) is 0 Å². The van der Waals surface area contributed by atoms with Crippen molar-refractivity contribution < 1.29 is 14.3 Å². The van der Waals surface area contributed by atoms with Crippen molar-refractivity contribution in [3.05, 3.63) is 39.9 Å². The third-order valence-corrected chi connectivity index (χ3v) is 2.15. The summed E-state index contributed by atoms with van der Waals surface area (Å²) in [5.74, 6) is -0.822. The van der Waals surface area contributed by atoms with Crippen molar-refractivity contribution in [2.75, 3.05) is 0 Å². The van der Waals surface area contributed by atoms with E-state index in [4.69, 9.17) is 11.0 Å². The maximum absolute atomic E-state index is 11.4. The Kier molecular flexibility index (Phi) is 3.38. The molecule has 0 aliphatic heterocycles. The zero-order valence-corrected chi connectivity index (χ0v) is 8.89. The molecule has 0 spiro atoms. The van der Waals surface area contributed by atoms with Crippen LogP contribution in [0.4, 0.5) is 5.69 Å². The fraction of sp³-hybridized carbons (Fsp3) is 0. The Bertz CT molecular complexity index is 483. The number of nitrogens with two attached hydrogens (primary N) is 2. The summed E-state index contributed by atoms with van der Waals surface area (Å²) >= 11 is 0. The zero-order valence-electron chi connectivity index (χ0n) is 7.99. The topological polar surface area (TPSA) is 141 Å². The van der Waals surface area contributed by atoms with Gasteiger partial charge in [-0.15, -0.1) is 0 Å². The molecule has 5 N–H and O–H groups in total. The number of benzene rings is 1. The van der Waals surface area contributed by atoms with Crippen LogP contribution in [0.25, 0.3) is 0 Å². The first-order valence-corrected chi connectivity index (χ1v) is 5.88. The number of carbonyl (C=O) groups excluding carboxylic acids is 1. The highest BCUT2D eigenvalue weighted by Gasteiger charge is 2.16. The number of hydrogen-bond acceptors (Lipinski definition) is 4. The first-order chi connectivity index (χ1) is 7.29. The van der Waals surface area contributed by atoms with Gasteiger partial charge in [-0.3, -0.25) is 35.6 Å². The molecule has 9 heteroatoms. The van der Waals surface area contributed by atoms with E-state index >= 15 is 0 Å². The molecule has 0 radical (unpaired) electrons. The Labute approximate surface area is 90.3 Å². The third-order valence-electron chi connectivity index (χ3n) is 1.60. The van der Waals surface area contributed by atoms with E-state index in [1.54, 1.807) is 0 Å². The first kappa shape index (κ1) is 12.3. The van der Waals surface area contributed by atoms with Crippen molar-refractivity contribution >= 4 is 19.2 Å². The molecule has 1 amide bonds. The molecule has 0 unspecified atom stereocenters. The monoisotopic (exact) mass is 244 g/mol. The number of carbonyl (C=O) groups is 1. The van der Waals surface area contributed by atoms with Crippen molar-refractivity contribution in [3.8, 4) is 0 Å². The van der Waals surface area contributed by atoms with Gasteiger partial charge in [0.2, 0.25) is 0 Å². The second kappa shape index (κ2) is 4.40. The van der Waals surface area contributed by atoms with Crippen molar-refractivity contribution in [1.29, 1.82) is 0 Å². The number of nitro benzene ring substituents is 1. The van der Waals surface area contributed by atoms with Gasteiger partial charge in [-0.25, -0.2) is 0 Å². The van der Waals surface area contributed by atoms with Crippen LogP contribution in [-0.4, -0.2) is 10.8 Å². The Hall–Kier alpha value is -1.76. The second-order valence-corrected chi connectivity index (χ2v) is 4.60. The van der Waals surface area contributed by atoms with Gasteiger partial charge in [0.05, 0.1) is 4.92 Å². The van der Waals surface area contributed by atoms with E-state index in [0.717, 1.165) is 6.07 Å². The predicted molar refractivity (Wildman–Crippen MR) is 56.5 cm³/mol.